The Bertz CT molecular complexity index is 787. The Morgan fingerprint density at radius 3 is 2.54 bits per heavy atom. The minimum absolute atomic E-state index is 0.110. The second-order valence-electron chi connectivity index (χ2n) is 5.20. The lowest BCUT2D eigenvalue weighted by Crippen LogP contribution is -2.35. The Kier molecular flexibility index (Phi) is 8.09. The van der Waals surface area contributed by atoms with Gasteiger partial charge in [-0.2, -0.15) is 0 Å². The number of carbonyl (C=O) groups excluding carboxylic acids is 2. The predicted molar refractivity (Wildman–Crippen MR) is 106 cm³/mol. The van der Waals surface area contributed by atoms with Crippen LogP contribution in [0.5, 0.6) is 5.75 Å². The van der Waals surface area contributed by atoms with Crippen LogP contribution < -0.4 is 15.4 Å². The van der Waals surface area contributed by atoms with Crippen LogP contribution >= 0.6 is 35.0 Å². The lowest BCUT2D eigenvalue weighted by atomic mass is 10.2. The molecule has 0 aromatic heterocycles. The molecular weight excluding hydrogens is 395 g/mol. The molecule has 2 rings (SSSR count). The largest absolute Gasteiger partial charge is 0.497 e. The zero-order chi connectivity index (χ0) is 18.9. The van der Waals surface area contributed by atoms with E-state index < -0.39 is 0 Å². The van der Waals surface area contributed by atoms with Crippen molar-refractivity contribution in [3.63, 3.8) is 0 Å². The van der Waals surface area contributed by atoms with Crippen molar-refractivity contribution in [1.82, 2.24) is 10.6 Å². The van der Waals surface area contributed by atoms with Crippen LogP contribution in [0.1, 0.15) is 10.4 Å². The van der Waals surface area contributed by atoms with E-state index in [0.717, 1.165) is 10.6 Å². The van der Waals surface area contributed by atoms with Crippen molar-refractivity contribution in [3.05, 3.63) is 58.1 Å². The van der Waals surface area contributed by atoms with Crippen LogP contribution in [-0.2, 0) is 4.79 Å². The van der Waals surface area contributed by atoms with Gasteiger partial charge in [-0.05, 0) is 36.4 Å². The summed E-state index contributed by atoms with van der Waals surface area (Å²) in [6.45, 7) is 0.652. The van der Waals surface area contributed by atoms with Gasteiger partial charge in [-0.1, -0.05) is 29.3 Å². The van der Waals surface area contributed by atoms with E-state index in [-0.39, 0.29) is 17.6 Å². The predicted octanol–water partition coefficient (Wildman–Crippen LogP) is 3.64. The summed E-state index contributed by atoms with van der Waals surface area (Å²) in [4.78, 5) is 24.8. The van der Waals surface area contributed by atoms with Gasteiger partial charge in [-0.25, -0.2) is 0 Å². The van der Waals surface area contributed by atoms with E-state index in [2.05, 4.69) is 10.6 Å². The molecule has 0 fully saturated rings. The number of rotatable bonds is 8. The number of nitrogens with one attached hydrogen (secondary N) is 2. The van der Waals surface area contributed by atoms with Gasteiger partial charge in [-0.15, -0.1) is 11.8 Å². The highest BCUT2D eigenvalue weighted by molar-refractivity contribution is 8.00. The van der Waals surface area contributed by atoms with E-state index in [9.17, 15) is 9.59 Å². The number of methoxy groups -OCH3 is 1. The second kappa shape index (κ2) is 10.3. The monoisotopic (exact) mass is 412 g/mol. The maximum absolute atomic E-state index is 12.0. The fraction of sp³-hybridized carbons (Fsp3) is 0.222. The average molecular weight is 413 g/mol. The highest BCUT2D eigenvalue weighted by atomic mass is 35.5. The highest BCUT2D eigenvalue weighted by Crippen LogP contribution is 2.23. The smallest absolute Gasteiger partial charge is 0.251 e. The summed E-state index contributed by atoms with van der Waals surface area (Å²) in [5.41, 5.74) is 0.416. The molecule has 0 aliphatic carbocycles. The van der Waals surface area contributed by atoms with E-state index in [1.165, 1.54) is 17.8 Å². The number of carbonyl (C=O) groups is 2. The van der Waals surface area contributed by atoms with Gasteiger partial charge in [-0.3, -0.25) is 9.59 Å². The first kappa shape index (κ1) is 20.4. The molecule has 5 nitrogen and oxygen atoms in total. The van der Waals surface area contributed by atoms with Crippen LogP contribution in [0.25, 0.3) is 0 Å². The van der Waals surface area contributed by atoms with Crippen LogP contribution in [0.4, 0.5) is 0 Å². The summed E-state index contributed by atoms with van der Waals surface area (Å²) >= 11 is 13.1. The molecule has 2 N–H and O–H groups in total. The topological polar surface area (TPSA) is 67.4 Å². The van der Waals surface area contributed by atoms with Crippen molar-refractivity contribution in [1.29, 1.82) is 0 Å². The number of hydrogen-bond donors (Lipinski definition) is 2. The number of halogens is 2. The first-order valence-electron chi connectivity index (χ1n) is 7.76. The lowest BCUT2D eigenvalue weighted by molar-refractivity contribution is -0.118. The van der Waals surface area contributed by atoms with Gasteiger partial charge >= 0.3 is 0 Å². The second-order valence-corrected chi connectivity index (χ2v) is 7.07. The molecule has 0 heterocycles. The van der Waals surface area contributed by atoms with Crippen LogP contribution in [0.15, 0.2) is 47.4 Å². The minimum Gasteiger partial charge on any atom is -0.497 e. The standard InChI is InChI=1S/C18H18Cl2N2O3S/c1-25-13-3-2-4-14(10-13)26-11-17(23)21-7-8-22-18(24)12-5-6-15(19)16(20)9-12/h2-6,9-10H,7-8,11H2,1H3,(H,21,23)(H,22,24). The quantitative estimate of drug-likeness (QED) is 0.512. The zero-order valence-electron chi connectivity index (χ0n) is 14.1. The van der Waals surface area contributed by atoms with E-state index >= 15 is 0 Å². The van der Waals surface area contributed by atoms with E-state index in [1.807, 2.05) is 24.3 Å². The van der Waals surface area contributed by atoms with Crippen molar-refractivity contribution in [2.75, 3.05) is 26.0 Å². The molecule has 0 spiro atoms. The molecule has 0 aliphatic heterocycles. The summed E-state index contributed by atoms with van der Waals surface area (Å²) in [6, 6.07) is 12.2. The van der Waals surface area contributed by atoms with Crippen LogP contribution in [0.2, 0.25) is 10.0 Å². The summed E-state index contributed by atoms with van der Waals surface area (Å²) in [5, 5.41) is 6.18. The molecule has 0 atom stereocenters. The summed E-state index contributed by atoms with van der Waals surface area (Å²) < 4.78 is 5.14. The first-order valence-corrected chi connectivity index (χ1v) is 9.50. The fourth-order valence-electron chi connectivity index (χ4n) is 2.01. The van der Waals surface area contributed by atoms with Gasteiger partial charge in [0.25, 0.3) is 5.91 Å². The number of thioether (sulfide) groups is 1. The molecule has 0 saturated carbocycles. The summed E-state index contributed by atoms with van der Waals surface area (Å²) in [5.74, 6) is 0.652. The molecular formula is C18H18Cl2N2O3S. The van der Waals surface area contributed by atoms with Crippen molar-refractivity contribution in [2.45, 2.75) is 4.90 Å². The van der Waals surface area contributed by atoms with E-state index in [0.29, 0.717) is 28.7 Å². The first-order chi connectivity index (χ1) is 12.5. The molecule has 8 heteroatoms. The molecule has 0 aliphatic rings. The van der Waals surface area contributed by atoms with E-state index in [1.54, 1.807) is 19.2 Å². The van der Waals surface area contributed by atoms with Crippen molar-refractivity contribution >= 4 is 46.8 Å². The SMILES string of the molecule is COc1cccc(SCC(=O)NCCNC(=O)c2ccc(Cl)c(Cl)c2)c1. The van der Waals surface area contributed by atoms with Crippen LogP contribution in [-0.4, -0.2) is 37.8 Å². The Morgan fingerprint density at radius 1 is 1.04 bits per heavy atom. The highest BCUT2D eigenvalue weighted by Gasteiger charge is 2.08. The van der Waals surface area contributed by atoms with E-state index in [4.69, 9.17) is 27.9 Å². The number of hydrogen-bond acceptors (Lipinski definition) is 4. The van der Waals surface area contributed by atoms with Crippen LogP contribution in [0, 0.1) is 0 Å². The van der Waals surface area contributed by atoms with Gasteiger partial charge < -0.3 is 15.4 Å². The number of amides is 2. The van der Waals surface area contributed by atoms with Crippen molar-refractivity contribution < 1.29 is 14.3 Å². The van der Waals surface area contributed by atoms with Gasteiger partial charge in [0.2, 0.25) is 5.91 Å². The number of benzene rings is 2. The number of ether oxygens (including phenoxy) is 1. The third kappa shape index (κ3) is 6.44. The summed E-state index contributed by atoms with van der Waals surface area (Å²) in [6.07, 6.45) is 0. The third-order valence-corrected chi connectivity index (χ3v) is 5.06. The molecule has 2 aromatic rings. The van der Waals surface area contributed by atoms with Gasteiger partial charge in [0.05, 0.1) is 22.9 Å². The Morgan fingerprint density at radius 2 is 1.81 bits per heavy atom. The summed E-state index contributed by atoms with van der Waals surface area (Å²) in [7, 11) is 1.60. The Hall–Kier alpha value is -1.89. The van der Waals surface area contributed by atoms with Crippen LogP contribution in [0.3, 0.4) is 0 Å². The Labute approximate surface area is 166 Å². The molecule has 2 aromatic carbocycles. The molecule has 26 heavy (non-hydrogen) atoms. The van der Waals surface area contributed by atoms with Gasteiger partial charge in [0.15, 0.2) is 0 Å². The molecule has 0 radical (unpaired) electrons. The lowest BCUT2D eigenvalue weighted by Gasteiger charge is -2.08. The molecule has 2 amide bonds. The van der Waals surface area contributed by atoms with Crippen molar-refractivity contribution in [3.8, 4) is 5.75 Å². The minimum atomic E-state index is -0.274. The van der Waals surface area contributed by atoms with Crippen molar-refractivity contribution in [2.24, 2.45) is 0 Å². The molecule has 0 unspecified atom stereocenters. The maximum Gasteiger partial charge on any atom is 0.251 e. The van der Waals surface area contributed by atoms with Gasteiger partial charge in [0, 0.05) is 23.5 Å². The fourth-order valence-corrected chi connectivity index (χ4v) is 3.08. The average Bonchev–Trinajstić information content (AvgIpc) is 2.65. The zero-order valence-corrected chi connectivity index (χ0v) is 16.4. The molecule has 0 bridgehead atoms. The molecule has 138 valence electrons. The maximum atomic E-state index is 12.0. The van der Waals surface area contributed by atoms with Gasteiger partial charge in [0.1, 0.15) is 5.75 Å². The third-order valence-electron chi connectivity index (χ3n) is 3.33. The molecule has 0 saturated heterocycles. The normalized spacial score (nSPS) is 10.3. The Balaban J connectivity index is 1.67.